The Balaban J connectivity index is 1.19. The second kappa shape index (κ2) is 10.1. The molecular weight excluding hydrogens is 492 g/mol. The van der Waals surface area contributed by atoms with Crippen LogP contribution in [0.4, 0.5) is 0 Å². The van der Waals surface area contributed by atoms with Crippen molar-refractivity contribution in [2.45, 2.75) is 31.5 Å². The summed E-state index contributed by atoms with van der Waals surface area (Å²) >= 11 is 0. The van der Waals surface area contributed by atoms with E-state index in [1.807, 2.05) is 48.5 Å². The van der Waals surface area contributed by atoms with E-state index in [0.717, 1.165) is 33.3 Å². The molecular formula is C30H28N6O3. The van der Waals surface area contributed by atoms with E-state index in [2.05, 4.69) is 33.6 Å². The first-order chi connectivity index (χ1) is 19.0. The minimum Gasteiger partial charge on any atom is -0.394 e. The van der Waals surface area contributed by atoms with E-state index in [0.29, 0.717) is 31.0 Å². The third kappa shape index (κ3) is 4.58. The molecule has 0 fully saturated rings. The number of rotatable bonds is 6. The van der Waals surface area contributed by atoms with E-state index in [4.69, 9.17) is 9.72 Å². The highest BCUT2D eigenvalue weighted by Gasteiger charge is 2.34. The number of nitriles is 1. The number of hydrazone groups is 1. The number of benzene rings is 1. The van der Waals surface area contributed by atoms with Crippen molar-refractivity contribution in [3.8, 4) is 6.07 Å². The maximum atomic E-state index is 13.0. The Morgan fingerprint density at radius 2 is 2.21 bits per heavy atom. The highest BCUT2D eigenvalue weighted by atomic mass is 16.5. The van der Waals surface area contributed by atoms with Crippen LogP contribution in [-0.2, 0) is 23.3 Å². The standard InChI is InChI=1S/C30H28N6O3/c1-30(17-31)18-39-16-21-6-5-19(11-25(21)30)29(38)33-14-22-12-27-20(13-32-22)7-8-26(35-27)23-3-2-4-28-24(23)15-34-36(28)9-10-37/h2-8,11-13,15,24,28,37H,9-10,14,16,18H2,1H3,(H,33,38)/t24?,28?,30-/m1/s1. The average molecular weight is 521 g/mol. The minimum atomic E-state index is -0.780. The number of β-amino-alcohol motifs (C(OH)–C–C–N with tert-alkyl or cyclic N) is 1. The van der Waals surface area contributed by atoms with Gasteiger partial charge in [-0.05, 0) is 54.0 Å². The molecule has 0 bridgehead atoms. The van der Waals surface area contributed by atoms with Gasteiger partial charge in [0.05, 0.1) is 61.9 Å². The fourth-order valence-corrected chi connectivity index (χ4v) is 5.42. The summed E-state index contributed by atoms with van der Waals surface area (Å²) in [7, 11) is 0. The molecule has 9 nitrogen and oxygen atoms in total. The molecule has 9 heteroatoms. The molecule has 6 rings (SSSR count). The van der Waals surface area contributed by atoms with Crippen LogP contribution in [0.3, 0.4) is 0 Å². The quantitative estimate of drug-likeness (QED) is 0.512. The number of fused-ring (bicyclic) bond motifs is 3. The number of aliphatic hydroxyl groups is 1. The van der Waals surface area contributed by atoms with E-state index >= 15 is 0 Å². The van der Waals surface area contributed by atoms with Gasteiger partial charge in [0, 0.05) is 29.3 Å². The number of nitrogens with zero attached hydrogens (tertiary/aromatic N) is 5. The van der Waals surface area contributed by atoms with Crippen LogP contribution in [0.25, 0.3) is 16.5 Å². The maximum Gasteiger partial charge on any atom is 0.251 e. The molecule has 3 aliphatic rings. The Bertz CT molecular complexity index is 1590. The number of hydrogen-bond acceptors (Lipinski definition) is 8. The molecule has 2 unspecified atom stereocenters. The van der Waals surface area contributed by atoms with E-state index in [1.54, 1.807) is 18.3 Å². The van der Waals surface area contributed by atoms with Crippen molar-refractivity contribution < 1.29 is 14.6 Å². The first kappa shape index (κ1) is 24.9. The fourth-order valence-electron chi connectivity index (χ4n) is 5.42. The van der Waals surface area contributed by atoms with E-state index < -0.39 is 5.41 Å². The molecule has 2 aliphatic heterocycles. The maximum absolute atomic E-state index is 13.0. The zero-order chi connectivity index (χ0) is 27.0. The van der Waals surface area contributed by atoms with Gasteiger partial charge in [-0.25, -0.2) is 4.98 Å². The summed E-state index contributed by atoms with van der Waals surface area (Å²) in [5, 5.41) is 29.3. The molecule has 0 spiro atoms. The molecule has 0 saturated carbocycles. The fraction of sp³-hybridized carbons (Fsp3) is 0.300. The predicted molar refractivity (Wildman–Crippen MR) is 146 cm³/mol. The second-order valence-corrected chi connectivity index (χ2v) is 10.2. The third-order valence-electron chi connectivity index (χ3n) is 7.58. The van der Waals surface area contributed by atoms with Gasteiger partial charge < -0.3 is 15.2 Å². The average Bonchev–Trinajstić information content (AvgIpc) is 3.38. The summed E-state index contributed by atoms with van der Waals surface area (Å²) in [4.78, 5) is 22.4. The summed E-state index contributed by atoms with van der Waals surface area (Å²) in [6, 6.07) is 13.7. The molecule has 1 aliphatic carbocycles. The van der Waals surface area contributed by atoms with Crippen LogP contribution in [0.5, 0.6) is 0 Å². The van der Waals surface area contributed by atoms with Crippen LogP contribution in [-0.4, -0.2) is 58.0 Å². The first-order valence-corrected chi connectivity index (χ1v) is 13.0. The van der Waals surface area contributed by atoms with Crippen molar-refractivity contribution in [3.05, 3.63) is 88.9 Å². The Labute approximate surface area is 226 Å². The summed E-state index contributed by atoms with van der Waals surface area (Å²) in [5.74, 6) is -0.163. The molecule has 1 aromatic carbocycles. The summed E-state index contributed by atoms with van der Waals surface area (Å²) < 4.78 is 5.56. The van der Waals surface area contributed by atoms with Crippen molar-refractivity contribution >= 4 is 28.6 Å². The zero-order valence-electron chi connectivity index (χ0n) is 21.5. The zero-order valence-corrected chi connectivity index (χ0v) is 21.5. The molecule has 0 radical (unpaired) electrons. The van der Waals surface area contributed by atoms with Gasteiger partial charge in [0.25, 0.3) is 5.91 Å². The van der Waals surface area contributed by atoms with Gasteiger partial charge in [0.1, 0.15) is 5.41 Å². The van der Waals surface area contributed by atoms with Gasteiger partial charge in [0.15, 0.2) is 0 Å². The number of nitrogens with one attached hydrogen (secondary N) is 1. The van der Waals surface area contributed by atoms with Crippen molar-refractivity contribution in [2.75, 3.05) is 19.8 Å². The number of ether oxygens (including phenoxy) is 1. The molecule has 2 N–H and O–H groups in total. The number of amides is 1. The number of pyridine rings is 2. The highest BCUT2D eigenvalue weighted by molar-refractivity contribution is 5.94. The SMILES string of the molecule is C[C@@]1(C#N)COCc2ccc(C(=O)NCc3cc4nc(C5=CC=CC6C5C=NN6CCO)ccc4cn3)cc21. The van der Waals surface area contributed by atoms with Crippen molar-refractivity contribution in [3.63, 3.8) is 0 Å². The summed E-state index contributed by atoms with van der Waals surface area (Å²) in [6.45, 7) is 3.35. The van der Waals surface area contributed by atoms with Crippen molar-refractivity contribution in [1.82, 2.24) is 20.3 Å². The normalized spacial score (nSPS) is 23.2. The number of carbonyl (C=O) groups is 1. The summed E-state index contributed by atoms with van der Waals surface area (Å²) in [5.41, 5.74) is 4.91. The van der Waals surface area contributed by atoms with Gasteiger partial charge in [-0.2, -0.15) is 10.4 Å². The minimum absolute atomic E-state index is 0.0503. The van der Waals surface area contributed by atoms with Crippen LogP contribution >= 0.6 is 0 Å². The van der Waals surface area contributed by atoms with Crippen LogP contribution in [0, 0.1) is 17.2 Å². The molecule has 0 saturated heterocycles. The molecule has 3 aromatic rings. The van der Waals surface area contributed by atoms with E-state index in [1.165, 1.54) is 0 Å². The van der Waals surface area contributed by atoms with Crippen LogP contribution in [0.1, 0.15) is 39.8 Å². The lowest BCUT2D eigenvalue weighted by atomic mass is 9.79. The molecule has 2 aromatic heterocycles. The molecule has 4 heterocycles. The number of hydrogen-bond donors (Lipinski definition) is 2. The molecule has 196 valence electrons. The van der Waals surface area contributed by atoms with Crippen molar-refractivity contribution in [1.29, 1.82) is 5.26 Å². The Hall–Kier alpha value is -4.39. The van der Waals surface area contributed by atoms with E-state index in [9.17, 15) is 15.2 Å². The lowest BCUT2D eigenvalue weighted by molar-refractivity contribution is 0.0757. The first-order valence-electron chi connectivity index (χ1n) is 13.0. The Morgan fingerprint density at radius 3 is 3.05 bits per heavy atom. The molecule has 39 heavy (non-hydrogen) atoms. The number of aromatic nitrogens is 2. The second-order valence-electron chi connectivity index (χ2n) is 10.2. The largest absolute Gasteiger partial charge is 0.394 e. The van der Waals surface area contributed by atoms with Gasteiger partial charge >= 0.3 is 0 Å². The lowest BCUT2D eigenvalue weighted by Crippen LogP contribution is -2.34. The monoisotopic (exact) mass is 520 g/mol. The third-order valence-corrected chi connectivity index (χ3v) is 7.58. The van der Waals surface area contributed by atoms with Crippen LogP contribution in [0.2, 0.25) is 0 Å². The smallest absolute Gasteiger partial charge is 0.251 e. The molecule has 3 atom stereocenters. The van der Waals surface area contributed by atoms with Gasteiger partial charge in [0.2, 0.25) is 0 Å². The number of carbonyl (C=O) groups excluding carboxylic acids is 1. The number of aliphatic hydroxyl groups excluding tert-OH is 1. The van der Waals surface area contributed by atoms with Gasteiger partial charge in [-0.3, -0.25) is 14.8 Å². The number of allylic oxidation sites excluding steroid dienone is 2. The highest BCUT2D eigenvalue weighted by Crippen LogP contribution is 2.35. The summed E-state index contributed by atoms with van der Waals surface area (Å²) in [6.07, 6.45) is 9.86. The van der Waals surface area contributed by atoms with Gasteiger partial charge in [-0.1, -0.05) is 24.3 Å². The Kier molecular flexibility index (Phi) is 6.43. The van der Waals surface area contributed by atoms with Gasteiger partial charge in [-0.15, -0.1) is 0 Å². The molecule has 1 amide bonds. The van der Waals surface area contributed by atoms with E-state index in [-0.39, 0.29) is 31.0 Å². The topological polar surface area (TPSA) is 124 Å². The van der Waals surface area contributed by atoms with Crippen LogP contribution in [0.15, 0.2) is 65.9 Å². The predicted octanol–water partition coefficient (Wildman–Crippen LogP) is 3.10. The lowest BCUT2D eigenvalue weighted by Gasteiger charge is -2.30. The van der Waals surface area contributed by atoms with Crippen molar-refractivity contribution in [2.24, 2.45) is 11.0 Å². The Morgan fingerprint density at radius 1 is 1.31 bits per heavy atom. The van der Waals surface area contributed by atoms with Crippen LogP contribution < -0.4 is 5.32 Å².